The number of amides is 3. The van der Waals surface area contributed by atoms with Crippen molar-refractivity contribution in [1.82, 2.24) is 10.2 Å². The normalized spacial score (nSPS) is 15.1. The molecule has 0 atom stereocenters. The van der Waals surface area contributed by atoms with Gasteiger partial charge in [-0.15, -0.1) is 0 Å². The molecule has 1 saturated heterocycles. The molecule has 6 nitrogen and oxygen atoms in total. The summed E-state index contributed by atoms with van der Waals surface area (Å²) in [5.41, 5.74) is 1.06. The van der Waals surface area contributed by atoms with Crippen molar-refractivity contribution in [2.24, 2.45) is 0 Å². The third-order valence-corrected chi connectivity index (χ3v) is 4.13. The second kappa shape index (κ2) is 8.56. The van der Waals surface area contributed by atoms with E-state index in [1.165, 1.54) is 6.07 Å². The summed E-state index contributed by atoms with van der Waals surface area (Å²) in [6.07, 6.45) is 1.56. The van der Waals surface area contributed by atoms with Crippen molar-refractivity contribution in [1.29, 1.82) is 0 Å². The van der Waals surface area contributed by atoms with Gasteiger partial charge < -0.3 is 14.8 Å². The largest absolute Gasteiger partial charge is 0.490 e. The van der Waals surface area contributed by atoms with Crippen LogP contribution in [0.4, 0.5) is 9.18 Å². The molecule has 0 radical (unpaired) electrons. The summed E-state index contributed by atoms with van der Waals surface area (Å²) < 4.78 is 24.9. The Morgan fingerprint density at radius 3 is 2.46 bits per heavy atom. The smallest absolute Gasteiger partial charge is 0.329 e. The summed E-state index contributed by atoms with van der Waals surface area (Å²) in [6.45, 7) is 4.57. The number of imide groups is 1. The average molecular weight is 384 g/mol. The lowest BCUT2D eigenvalue weighted by molar-refractivity contribution is -0.123. The van der Waals surface area contributed by atoms with Crippen LogP contribution >= 0.6 is 0 Å². The summed E-state index contributed by atoms with van der Waals surface area (Å²) in [6, 6.07) is 10.7. The zero-order chi connectivity index (χ0) is 20.1. The van der Waals surface area contributed by atoms with E-state index in [2.05, 4.69) is 5.32 Å². The SMILES string of the molecule is CCOc1ccc(/C=C2/NC(=O)N(Cc3ccccc3F)C2=O)cc1OCC. The Kier molecular flexibility index (Phi) is 5.93. The molecule has 0 bridgehead atoms. The molecule has 28 heavy (non-hydrogen) atoms. The van der Waals surface area contributed by atoms with Gasteiger partial charge in [0.25, 0.3) is 5.91 Å². The zero-order valence-corrected chi connectivity index (χ0v) is 15.7. The number of carbonyl (C=O) groups excluding carboxylic acids is 2. The molecular formula is C21H21FN2O4. The third-order valence-electron chi connectivity index (χ3n) is 4.13. The number of rotatable bonds is 7. The molecule has 2 aromatic rings. The average Bonchev–Trinajstić information content (AvgIpc) is 2.93. The minimum atomic E-state index is -0.588. The zero-order valence-electron chi connectivity index (χ0n) is 15.7. The Labute approximate surface area is 162 Å². The van der Waals surface area contributed by atoms with Crippen LogP contribution in [0.3, 0.4) is 0 Å². The highest BCUT2D eigenvalue weighted by atomic mass is 19.1. The van der Waals surface area contributed by atoms with Crippen LogP contribution in [-0.4, -0.2) is 30.1 Å². The van der Waals surface area contributed by atoms with Crippen molar-refractivity contribution in [3.05, 3.63) is 65.1 Å². The standard InChI is InChI=1S/C21H21FN2O4/c1-3-27-18-10-9-14(12-19(18)28-4-2)11-17-20(25)24(21(26)23-17)13-15-7-5-6-8-16(15)22/h5-12H,3-4,13H2,1-2H3,(H,23,26)/b17-11+. The predicted molar refractivity (Wildman–Crippen MR) is 102 cm³/mol. The number of hydrogen-bond acceptors (Lipinski definition) is 4. The van der Waals surface area contributed by atoms with E-state index in [1.807, 2.05) is 13.8 Å². The van der Waals surface area contributed by atoms with E-state index in [0.29, 0.717) is 30.3 Å². The summed E-state index contributed by atoms with van der Waals surface area (Å²) in [5, 5.41) is 2.54. The molecule has 1 fully saturated rings. The van der Waals surface area contributed by atoms with Gasteiger partial charge in [-0.1, -0.05) is 24.3 Å². The van der Waals surface area contributed by atoms with E-state index < -0.39 is 17.8 Å². The maximum Gasteiger partial charge on any atom is 0.329 e. The van der Waals surface area contributed by atoms with E-state index >= 15 is 0 Å². The van der Waals surface area contributed by atoms with Crippen LogP contribution in [0.2, 0.25) is 0 Å². The molecule has 1 N–H and O–H groups in total. The summed E-state index contributed by atoms with van der Waals surface area (Å²) in [4.78, 5) is 25.8. The summed E-state index contributed by atoms with van der Waals surface area (Å²) in [7, 11) is 0. The molecule has 0 saturated carbocycles. The van der Waals surface area contributed by atoms with E-state index in [-0.39, 0.29) is 17.8 Å². The van der Waals surface area contributed by atoms with E-state index in [4.69, 9.17) is 9.47 Å². The fourth-order valence-electron chi connectivity index (χ4n) is 2.84. The van der Waals surface area contributed by atoms with Crippen molar-refractivity contribution < 1.29 is 23.5 Å². The molecule has 0 aromatic heterocycles. The molecule has 3 rings (SSSR count). The van der Waals surface area contributed by atoms with E-state index in [0.717, 1.165) is 4.90 Å². The maximum atomic E-state index is 13.8. The predicted octanol–water partition coefficient (Wildman–Crippen LogP) is 3.72. The minimum Gasteiger partial charge on any atom is -0.490 e. The van der Waals surface area contributed by atoms with Crippen LogP contribution in [0.1, 0.15) is 25.0 Å². The number of ether oxygens (including phenoxy) is 2. The summed E-state index contributed by atoms with van der Waals surface area (Å²) >= 11 is 0. The van der Waals surface area contributed by atoms with Gasteiger partial charge in [-0.05, 0) is 43.7 Å². The van der Waals surface area contributed by atoms with Crippen LogP contribution in [0, 0.1) is 5.82 Å². The number of hydrogen-bond donors (Lipinski definition) is 1. The van der Waals surface area contributed by atoms with Crippen molar-refractivity contribution in [2.45, 2.75) is 20.4 Å². The molecule has 3 amide bonds. The minimum absolute atomic E-state index is 0.118. The van der Waals surface area contributed by atoms with Gasteiger partial charge in [0, 0.05) is 5.56 Å². The molecule has 146 valence electrons. The highest BCUT2D eigenvalue weighted by Crippen LogP contribution is 2.30. The van der Waals surface area contributed by atoms with Gasteiger partial charge >= 0.3 is 6.03 Å². The molecular weight excluding hydrogens is 363 g/mol. The lowest BCUT2D eigenvalue weighted by Crippen LogP contribution is -2.30. The molecule has 1 aliphatic rings. The van der Waals surface area contributed by atoms with Crippen LogP contribution in [0.15, 0.2) is 48.2 Å². The molecule has 7 heteroatoms. The third kappa shape index (κ3) is 4.14. The number of benzene rings is 2. The lowest BCUT2D eigenvalue weighted by Gasteiger charge is -2.12. The van der Waals surface area contributed by atoms with Gasteiger partial charge in [-0.2, -0.15) is 0 Å². The highest BCUT2D eigenvalue weighted by molar-refractivity contribution is 6.13. The second-order valence-electron chi connectivity index (χ2n) is 6.04. The van der Waals surface area contributed by atoms with E-state index in [1.54, 1.807) is 42.5 Å². The van der Waals surface area contributed by atoms with Crippen molar-refractivity contribution in [2.75, 3.05) is 13.2 Å². The quantitative estimate of drug-likeness (QED) is 0.584. The van der Waals surface area contributed by atoms with Gasteiger partial charge in [0.1, 0.15) is 11.5 Å². The number of urea groups is 1. The van der Waals surface area contributed by atoms with E-state index in [9.17, 15) is 14.0 Å². The fraction of sp³-hybridized carbons (Fsp3) is 0.238. The number of halogens is 1. The van der Waals surface area contributed by atoms with Gasteiger partial charge in [0.15, 0.2) is 11.5 Å². The lowest BCUT2D eigenvalue weighted by atomic mass is 10.1. The first-order valence-corrected chi connectivity index (χ1v) is 9.01. The van der Waals surface area contributed by atoms with Crippen molar-refractivity contribution in [3.8, 4) is 11.5 Å². The highest BCUT2D eigenvalue weighted by Gasteiger charge is 2.34. The maximum absolute atomic E-state index is 13.8. The molecule has 1 aliphatic heterocycles. The van der Waals surface area contributed by atoms with Crippen molar-refractivity contribution in [3.63, 3.8) is 0 Å². The molecule has 0 unspecified atom stereocenters. The van der Waals surface area contributed by atoms with Crippen LogP contribution in [0.5, 0.6) is 11.5 Å². The van der Waals surface area contributed by atoms with Gasteiger partial charge in [0.05, 0.1) is 19.8 Å². The first-order valence-electron chi connectivity index (χ1n) is 9.01. The Hall–Kier alpha value is -3.35. The van der Waals surface area contributed by atoms with Crippen LogP contribution in [-0.2, 0) is 11.3 Å². The topological polar surface area (TPSA) is 67.9 Å². The first-order chi connectivity index (χ1) is 13.5. The number of nitrogens with one attached hydrogen (secondary N) is 1. The monoisotopic (exact) mass is 384 g/mol. The van der Waals surface area contributed by atoms with Crippen molar-refractivity contribution >= 4 is 18.0 Å². The van der Waals surface area contributed by atoms with Gasteiger partial charge in [-0.25, -0.2) is 9.18 Å². The molecule has 1 heterocycles. The van der Waals surface area contributed by atoms with Gasteiger partial charge in [-0.3, -0.25) is 9.69 Å². The second-order valence-corrected chi connectivity index (χ2v) is 6.04. The Morgan fingerprint density at radius 1 is 1.04 bits per heavy atom. The summed E-state index contributed by atoms with van der Waals surface area (Å²) in [5.74, 6) is 0.182. The Bertz CT molecular complexity index is 926. The molecule has 0 spiro atoms. The first kappa shape index (κ1) is 19.4. The van der Waals surface area contributed by atoms with Crippen LogP contribution in [0.25, 0.3) is 6.08 Å². The molecule has 2 aromatic carbocycles. The fourth-order valence-corrected chi connectivity index (χ4v) is 2.84. The van der Waals surface area contributed by atoms with Crippen LogP contribution < -0.4 is 14.8 Å². The number of nitrogens with zero attached hydrogens (tertiary/aromatic N) is 1. The molecule has 0 aliphatic carbocycles. The Balaban J connectivity index is 1.83. The Morgan fingerprint density at radius 2 is 1.75 bits per heavy atom. The van der Waals surface area contributed by atoms with Gasteiger partial charge in [0.2, 0.25) is 0 Å². The number of carbonyl (C=O) groups is 2.